The zero-order valence-corrected chi connectivity index (χ0v) is 13.1. The van der Waals surface area contributed by atoms with Crippen LogP contribution in [0.4, 0.5) is 0 Å². The van der Waals surface area contributed by atoms with Crippen LogP contribution in [0.3, 0.4) is 0 Å². The molecule has 2 unspecified atom stereocenters. The van der Waals surface area contributed by atoms with Gasteiger partial charge >= 0.3 is 5.97 Å². The van der Waals surface area contributed by atoms with Gasteiger partial charge < -0.3 is 10.1 Å². The minimum absolute atomic E-state index is 0.0557. The van der Waals surface area contributed by atoms with Gasteiger partial charge in [-0.25, -0.2) is 4.79 Å². The van der Waals surface area contributed by atoms with Crippen LogP contribution in [-0.4, -0.2) is 24.5 Å². The Kier molecular flexibility index (Phi) is 4.05. The largest absolute Gasteiger partial charge is 0.465 e. The SMILES string of the molecule is COC(=O)c1ccc(C)cc1C1NC(=O)C(C)(C(C)C)N1. The number of aryl methyl sites for hydroxylation is 1. The Hall–Kier alpha value is -1.88. The number of ether oxygens (including phenoxy) is 1. The fourth-order valence-electron chi connectivity index (χ4n) is 2.48. The van der Waals surface area contributed by atoms with Crippen molar-refractivity contribution in [2.75, 3.05) is 7.11 Å². The minimum Gasteiger partial charge on any atom is -0.465 e. The van der Waals surface area contributed by atoms with Gasteiger partial charge in [0.05, 0.1) is 18.2 Å². The summed E-state index contributed by atoms with van der Waals surface area (Å²) >= 11 is 0. The highest BCUT2D eigenvalue weighted by molar-refractivity contribution is 5.93. The Morgan fingerprint density at radius 1 is 1.38 bits per heavy atom. The average Bonchev–Trinajstić information content (AvgIpc) is 2.75. The number of methoxy groups -OCH3 is 1. The Labute approximate surface area is 125 Å². The van der Waals surface area contributed by atoms with Crippen LogP contribution < -0.4 is 10.6 Å². The van der Waals surface area contributed by atoms with Crippen LogP contribution in [0.2, 0.25) is 0 Å². The molecule has 2 N–H and O–H groups in total. The van der Waals surface area contributed by atoms with Crippen molar-refractivity contribution in [1.29, 1.82) is 0 Å². The lowest BCUT2D eigenvalue weighted by Crippen LogP contribution is -2.48. The highest BCUT2D eigenvalue weighted by Crippen LogP contribution is 2.30. The maximum atomic E-state index is 12.3. The van der Waals surface area contributed by atoms with Crippen molar-refractivity contribution in [2.45, 2.75) is 39.4 Å². The summed E-state index contributed by atoms with van der Waals surface area (Å²) in [6, 6.07) is 5.49. The molecule has 0 aromatic heterocycles. The van der Waals surface area contributed by atoms with Crippen molar-refractivity contribution < 1.29 is 14.3 Å². The second-order valence-corrected chi connectivity index (χ2v) is 5.99. The van der Waals surface area contributed by atoms with Crippen molar-refractivity contribution >= 4 is 11.9 Å². The molecule has 1 fully saturated rings. The first-order chi connectivity index (χ1) is 9.79. The maximum Gasteiger partial charge on any atom is 0.338 e. The number of hydrogen-bond donors (Lipinski definition) is 2. The summed E-state index contributed by atoms with van der Waals surface area (Å²) in [5.41, 5.74) is 1.57. The average molecular weight is 290 g/mol. The third-order valence-corrected chi connectivity index (χ3v) is 4.27. The summed E-state index contributed by atoms with van der Waals surface area (Å²) in [6.45, 7) is 7.81. The highest BCUT2D eigenvalue weighted by atomic mass is 16.5. The molecule has 1 amide bonds. The molecule has 1 heterocycles. The summed E-state index contributed by atoms with van der Waals surface area (Å²) in [7, 11) is 1.35. The van der Waals surface area contributed by atoms with E-state index < -0.39 is 11.5 Å². The summed E-state index contributed by atoms with van der Waals surface area (Å²) in [5.74, 6) is -0.326. The number of hydrogen-bond acceptors (Lipinski definition) is 4. The number of carbonyl (C=O) groups excluding carboxylic acids is 2. The normalized spacial score (nSPS) is 25.0. The van der Waals surface area contributed by atoms with Gasteiger partial charge in [0.25, 0.3) is 0 Å². The molecule has 1 aliphatic heterocycles. The summed E-state index contributed by atoms with van der Waals surface area (Å²) < 4.78 is 4.82. The Morgan fingerprint density at radius 2 is 2.05 bits per heavy atom. The Balaban J connectivity index is 2.42. The molecule has 1 aliphatic rings. The second-order valence-electron chi connectivity index (χ2n) is 5.99. The molecular formula is C16H22N2O3. The van der Waals surface area contributed by atoms with E-state index in [4.69, 9.17) is 4.74 Å². The van der Waals surface area contributed by atoms with Crippen LogP contribution in [0.1, 0.15) is 48.4 Å². The number of amides is 1. The summed E-state index contributed by atoms with van der Waals surface area (Å²) in [4.78, 5) is 24.2. The zero-order chi connectivity index (χ0) is 15.8. The molecule has 0 radical (unpaired) electrons. The van der Waals surface area contributed by atoms with Gasteiger partial charge in [-0.05, 0) is 25.8 Å². The first kappa shape index (κ1) is 15.5. The third-order valence-electron chi connectivity index (χ3n) is 4.27. The minimum atomic E-state index is -0.651. The molecule has 0 aliphatic carbocycles. The van der Waals surface area contributed by atoms with Crippen molar-refractivity contribution in [3.63, 3.8) is 0 Å². The molecule has 0 spiro atoms. The second kappa shape index (κ2) is 5.48. The van der Waals surface area contributed by atoms with Crippen LogP contribution in [0.25, 0.3) is 0 Å². The molecule has 1 aromatic rings. The van der Waals surface area contributed by atoms with Crippen molar-refractivity contribution in [1.82, 2.24) is 10.6 Å². The predicted octanol–water partition coefficient (Wildman–Crippen LogP) is 1.91. The zero-order valence-electron chi connectivity index (χ0n) is 13.1. The van der Waals surface area contributed by atoms with E-state index in [1.165, 1.54) is 7.11 Å². The van der Waals surface area contributed by atoms with Gasteiger partial charge in [-0.2, -0.15) is 0 Å². The van der Waals surface area contributed by atoms with E-state index in [9.17, 15) is 9.59 Å². The predicted molar refractivity (Wildman–Crippen MR) is 79.8 cm³/mol. The number of esters is 1. The molecule has 114 valence electrons. The van der Waals surface area contributed by atoms with Gasteiger partial charge in [0.2, 0.25) is 5.91 Å². The molecule has 2 atom stereocenters. The Bertz CT molecular complexity index is 583. The van der Waals surface area contributed by atoms with Gasteiger partial charge in [-0.3, -0.25) is 10.1 Å². The molecule has 2 rings (SSSR count). The fourth-order valence-corrected chi connectivity index (χ4v) is 2.48. The van der Waals surface area contributed by atoms with Crippen molar-refractivity contribution in [3.8, 4) is 0 Å². The molecule has 21 heavy (non-hydrogen) atoms. The van der Waals surface area contributed by atoms with Gasteiger partial charge in [-0.1, -0.05) is 31.5 Å². The molecular weight excluding hydrogens is 268 g/mol. The maximum absolute atomic E-state index is 12.3. The van der Waals surface area contributed by atoms with E-state index in [0.717, 1.165) is 11.1 Å². The van der Waals surface area contributed by atoms with Crippen molar-refractivity contribution in [3.05, 3.63) is 34.9 Å². The van der Waals surface area contributed by atoms with E-state index in [2.05, 4.69) is 10.6 Å². The first-order valence-corrected chi connectivity index (χ1v) is 7.07. The molecule has 5 heteroatoms. The number of rotatable bonds is 3. The van der Waals surface area contributed by atoms with E-state index in [0.29, 0.717) is 5.56 Å². The van der Waals surface area contributed by atoms with Gasteiger partial charge in [0.15, 0.2) is 0 Å². The van der Waals surface area contributed by atoms with Crippen LogP contribution in [0.15, 0.2) is 18.2 Å². The van der Waals surface area contributed by atoms with Crippen LogP contribution in [0.5, 0.6) is 0 Å². The van der Waals surface area contributed by atoms with Gasteiger partial charge in [0, 0.05) is 5.56 Å². The molecule has 5 nitrogen and oxygen atoms in total. The standard InChI is InChI=1S/C16H22N2O3/c1-9(2)16(4)15(20)17-13(18-16)12-8-10(3)6-7-11(12)14(19)21-5/h6-9,13,18H,1-5H3,(H,17,20). The van der Waals surface area contributed by atoms with Gasteiger partial charge in [0.1, 0.15) is 6.17 Å². The monoisotopic (exact) mass is 290 g/mol. The lowest BCUT2D eigenvalue weighted by molar-refractivity contribution is -0.125. The smallest absolute Gasteiger partial charge is 0.338 e. The fraction of sp³-hybridized carbons (Fsp3) is 0.500. The van der Waals surface area contributed by atoms with E-state index in [1.807, 2.05) is 39.8 Å². The van der Waals surface area contributed by atoms with E-state index in [-0.39, 0.29) is 18.0 Å². The highest BCUT2D eigenvalue weighted by Gasteiger charge is 2.45. The van der Waals surface area contributed by atoms with Crippen LogP contribution in [-0.2, 0) is 9.53 Å². The lowest BCUT2D eigenvalue weighted by atomic mass is 9.89. The van der Waals surface area contributed by atoms with Crippen LogP contribution >= 0.6 is 0 Å². The molecule has 1 aromatic carbocycles. The lowest BCUT2D eigenvalue weighted by Gasteiger charge is -2.27. The molecule has 1 saturated heterocycles. The summed E-state index contributed by atoms with van der Waals surface area (Å²) in [5, 5.41) is 6.24. The van der Waals surface area contributed by atoms with Crippen LogP contribution in [0, 0.1) is 12.8 Å². The number of benzene rings is 1. The first-order valence-electron chi connectivity index (χ1n) is 7.07. The molecule has 0 saturated carbocycles. The topological polar surface area (TPSA) is 67.4 Å². The quantitative estimate of drug-likeness (QED) is 0.835. The molecule has 0 bridgehead atoms. The van der Waals surface area contributed by atoms with Crippen molar-refractivity contribution in [2.24, 2.45) is 5.92 Å². The van der Waals surface area contributed by atoms with E-state index >= 15 is 0 Å². The Morgan fingerprint density at radius 3 is 2.57 bits per heavy atom. The van der Waals surface area contributed by atoms with Gasteiger partial charge in [-0.15, -0.1) is 0 Å². The summed E-state index contributed by atoms with van der Waals surface area (Å²) in [6.07, 6.45) is -0.390. The number of carbonyl (C=O) groups is 2. The number of nitrogens with one attached hydrogen (secondary N) is 2. The van der Waals surface area contributed by atoms with E-state index in [1.54, 1.807) is 6.07 Å². The third kappa shape index (κ3) is 2.65.